The Bertz CT molecular complexity index is 295. The summed E-state index contributed by atoms with van der Waals surface area (Å²) >= 11 is 0. The van der Waals surface area contributed by atoms with Crippen LogP contribution < -0.4 is 0 Å². The summed E-state index contributed by atoms with van der Waals surface area (Å²) < 4.78 is 10.7. The molecule has 1 atom stereocenters. The Labute approximate surface area is 121 Å². The van der Waals surface area contributed by atoms with Gasteiger partial charge in [0.2, 0.25) is 0 Å². The molecule has 0 amide bonds. The fourth-order valence-electron chi connectivity index (χ4n) is 2.58. The molecule has 2 fully saturated rings. The second-order valence-corrected chi connectivity index (χ2v) is 6.30. The number of carboxylic acids is 1. The number of unbranched alkanes of at least 4 members (excludes halogenated alkanes) is 4. The van der Waals surface area contributed by atoms with Gasteiger partial charge in [-0.2, -0.15) is 0 Å². The van der Waals surface area contributed by atoms with Gasteiger partial charge in [0, 0.05) is 13.2 Å². The van der Waals surface area contributed by atoms with Crippen molar-refractivity contribution in [2.24, 2.45) is 5.92 Å². The number of hydrogen-bond acceptors (Lipinski definition) is 3. The molecule has 1 aliphatic heterocycles. The van der Waals surface area contributed by atoms with Gasteiger partial charge in [-0.25, -0.2) is 4.79 Å². The third-order valence-electron chi connectivity index (χ3n) is 4.35. The van der Waals surface area contributed by atoms with Gasteiger partial charge in [-0.05, 0) is 31.6 Å². The van der Waals surface area contributed by atoms with Crippen LogP contribution in [0.2, 0.25) is 0 Å². The summed E-state index contributed by atoms with van der Waals surface area (Å²) in [5, 5.41) is 8.94. The van der Waals surface area contributed by atoms with Crippen molar-refractivity contribution in [1.82, 2.24) is 0 Å². The molecule has 0 aromatic carbocycles. The molecule has 0 radical (unpaired) electrons. The molecular weight excluding hydrogens is 256 g/mol. The lowest BCUT2D eigenvalue weighted by atomic mass is 10.0. The molecule has 1 heterocycles. The van der Waals surface area contributed by atoms with E-state index in [-0.39, 0.29) is 0 Å². The Balaban J connectivity index is 1.29. The standard InChI is InChI=1S/C16H28O4/c17-15(18)16(13-20-16)10-4-1-2-5-11-19-12-6-3-7-14-8-9-14/h14H,1-13H2,(H,17,18). The molecule has 20 heavy (non-hydrogen) atoms. The summed E-state index contributed by atoms with van der Waals surface area (Å²) in [6.07, 6.45) is 11.7. The van der Waals surface area contributed by atoms with Gasteiger partial charge in [0.25, 0.3) is 0 Å². The summed E-state index contributed by atoms with van der Waals surface area (Å²) in [6, 6.07) is 0. The largest absolute Gasteiger partial charge is 0.479 e. The van der Waals surface area contributed by atoms with Gasteiger partial charge in [0.1, 0.15) is 0 Å². The lowest BCUT2D eigenvalue weighted by Crippen LogP contribution is -2.23. The van der Waals surface area contributed by atoms with Crippen LogP contribution in [0, 0.1) is 5.92 Å². The maximum absolute atomic E-state index is 10.9. The van der Waals surface area contributed by atoms with Gasteiger partial charge >= 0.3 is 5.97 Å². The highest BCUT2D eigenvalue weighted by atomic mass is 16.6. The number of hydrogen-bond donors (Lipinski definition) is 1. The molecule has 1 unspecified atom stereocenters. The van der Waals surface area contributed by atoms with E-state index in [2.05, 4.69) is 0 Å². The van der Waals surface area contributed by atoms with Crippen LogP contribution >= 0.6 is 0 Å². The highest BCUT2D eigenvalue weighted by molar-refractivity contribution is 5.80. The highest BCUT2D eigenvalue weighted by Gasteiger charge is 2.51. The van der Waals surface area contributed by atoms with E-state index in [0.717, 1.165) is 44.8 Å². The first-order chi connectivity index (χ1) is 9.73. The lowest BCUT2D eigenvalue weighted by molar-refractivity contribution is -0.143. The van der Waals surface area contributed by atoms with Gasteiger partial charge in [-0.15, -0.1) is 0 Å². The minimum absolute atomic E-state index is 0.395. The number of carbonyl (C=O) groups is 1. The molecule has 2 rings (SSSR count). The van der Waals surface area contributed by atoms with Crippen LogP contribution in [0.3, 0.4) is 0 Å². The number of carboxylic acid groups (broad SMARTS) is 1. The zero-order valence-corrected chi connectivity index (χ0v) is 12.4. The molecule has 4 heteroatoms. The molecule has 1 saturated carbocycles. The van der Waals surface area contributed by atoms with Crippen molar-refractivity contribution in [3.63, 3.8) is 0 Å². The third kappa shape index (κ3) is 5.80. The molecule has 4 nitrogen and oxygen atoms in total. The van der Waals surface area contributed by atoms with Crippen molar-refractivity contribution < 1.29 is 19.4 Å². The van der Waals surface area contributed by atoms with Crippen molar-refractivity contribution in [2.45, 2.75) is 69.8 Å². The van der Waals surface area contributed by atoms with E-state index >= 15 is 0 Å². The first-order valence-corrected chi connectivity index (χ1v) is 8.18. The molecule has 1 aliphatic carbocycles. The fraction of sp³-hybridized carbons (Fsp3) is 0.938. The van der Waals surface area contributed by atoms with E-state index in [1.165, 1.54) is 32.1 Å². The zero-order chi connectivity index (χ0) is 14.3. The van der Waals surface area contributed by atoms with E-state index < -0.39 is 11.6 Å². The number of aliphatic carboxylic acids is 1. The molecule has 0 aromatic heterocycles. The van der Waals surface area contributed by atoms with E-state index in [4.69, 9.17) is 14.6 Å². The van der Waals surface area contributed by atoms with Crippen LogP contribution in [0.1, 0.15) is 64.2 Å². The summed E-state index contributed by atoms with van der Waals surface area (Å²) in [5.74, 6) is 0.242. The molecular formula is C16H28O4. The summed E-state index contributed by atoms with van der Waals surface area (Å²) in [6.45, 7) is 2.15. The molecule has 116 valence electrons. The third-order valence-corrected chi connectivity index (χ3v) is 4.35. The smallest absolute Gasteiger partial charge is 0.338 e. The number of rotatable bonds is 13. The van der Waals surface area contributed by atoms with Crippen molar-refractivity contribution in [3.8, 4) is 0 Å². The van der Waals surface area contributed by atoms with Crippen LogP contribution in [0.15, 0.2) is 0 Å². The zero-order valence-electron chi connectivity index (χ0n) is 12.4. The minimum atomic E-state index is -0.821. The number of epoxide rings is 1. The normalized spacial score (nSPS) is 24.8. The highest BCUT2D eigenvalue weighted by Crippen LogP contribution is 2.34. The second-order valence-electron chi connectivity index (χ2n) is 6.30. The molecule has 0 bridgehead atoms. The second kappa shape index (κ2) is 7.99. The van der Waals surface area contributed by atoms with Gasteiger partial charge in [0.15, 0.2) is 5.60 Å². The van der Waals surface area contributed by atoms with Gasteiger partial charge in [-0.1, -0.05) is 38.5 Å². The van der Waals surface area contributed by atoms with Gasteiger partial charge < -0.3 is 14.6 Å². The monoisotopic (exact) mass is 284 g/mol. The summed E-state index contributed by atoms with van der Waals surface area (Å²) in [4.78, 5) is 10.9. The Morgan fingerprint density at radius 1 is 1.10 bits per heavy atom. The van der Waals surface area contributed by atoms with Crippen LogP contribution in [-0.2, 0) is 14.3 Å². The first kappa shape index (κ1) is 15.8. The van der Waals surface area contributed by atoms with Crippen LogP contribution in [-0.4, -0.2) is 36.5 Å². The van der Waals surface area contributed by atoms with E-state index in [1.54, 1.807) is 0 Å². The minimum Gasteiger partial charge on any atom is -0.479 e. The predicted molar refractivity (Wildman–Crippen MR) is 76.8 cm³/mol. The maximum atomic E-state index is 10.9. The van der Waals surface area contributed by atoms with Crippen molar-refractivity contribution in [3.05, 3.63) is 0 Å². The Hall–Kier alpha value is -0.610. The first-order valence-electron chi connectivity index (χ1n) is 8.18. The average Bonchev–Trinajstić information content (AvgIpc) is 3.30. The van der Waals surface area contributed by atoms with Gasteiger partial charge in [-0.3, -0.25) is 0 Å². The van der Waals surface area contributed by atoms with Crippen LogP contribution in [0.25, 0.3) is 0 Å². The summed E-state index contributed by atoms with van der Waals surface area (Å²) in [5.41, 5.74) is -0.821. The average molecular weight is 284 g/mol. The molecule has 1 N–H and O–H groups in total. The maximum Gasteiger partial charge on any atom is 0.338 e. The van der Waals surface area contributed by atoms with Crippen molar-refractivity contribution in [2.75, 3.05) is 19.8 Å². The molecule has 1 saturated heterocycles. The van der Waals surface area contributed by atoms with Crippen molar-refractivity contribution in [1.29, 1.82) is 0 Å². The Morgan fingerprint density at radius 2 is 1.75 bits per heavy atom. The Morgan fingerprint density at radius 3 is 2.35 bits per heavy atom. The molecule has 0 aromatic rings. The molecule has 2 aliphatic rings. The Kier molecular flexibility index (Phi) is 6.30. The SMILES string of the molecule is O=C(O)C1(CCCCCCOCCCCC2CC2)CO1. The quantitative estimate of drug-likeness (QED) is 0.416. The van der Waals surface area contributed by atoms with E-state index in [1.807, 2.05) is 0 Å². The fourth-order valence-corrected chi connectivity index (χ4v) is 2.58. The van der Waals surface area contributed by atoms with E-state index in [9.17, 15) is 4.79 Å². The predicted octanol–water partition coefficient (Wildman–Crippen LogP) is 3.39. The summed E-state index contributed by atoms with van der Waals surface area (Å²) in [7, 11) is 0. The topological polar surface area (TPSA) is 59.1 Å². The van der Waals surface area contributed by atoms with Crippen LogP contribution in [0.5, 0.6) is 0 Å². The lowest BCUT2D eigenvalue weighted by Gasteiger charge is -2.06. The number of ether oxygens (including phenoxy) is 2. The van der Waals surface area contributed by atoms with Gasteiger partial charge in [0.05, 0.1) is 6.61 Å². The van der Waals surface area contributed by atoms with Crippen LogP contribution in [0.4, 0.5) is 0 Å². The molecule has 0 spiro atoms. The van der Waals surface area contributed by atoms with Crippen molar-refractivity contribution >= 4 is 5.97 Å². The van der Waals surface area contributed by atoms with E-state index in [0.29, 0.717) is 13.0 Å².